The minimum atomic E-state index is -4.51. The third-order valence-electron chi connectivity index (χ3n) is 3.40. The maximum absolute atomic E-state index is 12.6. The highest BCUT2D eigenvalue weighted by molar-refractivity contribution is 5.93. The minimum absolute atomic E-state index is 0.115. The van der Waals surface area contributed by atoms with Gasteiger partial charge in [0.05, 0.1) is 12.7 Å². The average Bonchev–Trinajstić information content (AvgIpc) is 2.69. The van der Waals surface area contributed by atoms with Gasteiger partial charge in [-0.3, -0.25) is 20.4 Å². The number of nitrogens with one attached hydrogen (secondary N) is 2. The number of amides is 2. The van der Waals surface area contributed by atoms with Crippen molar-refractivity contribution in [1.82, 2.24) is 10.9 Å². The Labute approximate surface area is 158 Å². The van der Waals surface area contributed by atoms with Gasteiger partial charge in [-0.2, -0.15) is 13.2 Å². The van der Waals surface area contributed by atoms with Crippen molar-refractivity contribution < 1.29 is 32.2 Å². The average molecular weight is 394 g/mol. The second-order valence-corrected chi connectivity index (χ2v) is 5.46. The molecule has 0 saturated heterocycles. The van der Waals surface area contributed by atoms with Crippen LogP contribution in [0.2, 0.25) is 0 Å². The quantitative estimate of drug-likeness (QED) is 0.584. The molecule has 6 nitrogen and oxygen atoms in total. The van der Waals surface area contributed by atoms with Crippen molar-refractivity contribution in [3.63, 3.8) is 0 Å². The van der Waals surface area contributed by atoms with Crippen molar-refractivity contribution in [3.05, 3.63) is 65.7 Å². The zero-order chi connectivity index (χ0) is 20.6. The number of hydrogen-bond acceptors (Lipinski definition) is 4. The van der Waals surface area contributed by atoms with Gasteiger partial charge < -0.3 is 9.47 Å². The van der Waals surface area contributed by atoms with E-state index in [0.29, 0.717) is 5.75 Å². The molecule has 28 heavy (non-hydrogen) atoms. The van der Waals surface area contributed by atoms with Crippen LogP contribution in [-0.2, 0) is 15.8 Å². The van der Waals surface area contributed by atoms with E-state index in [4.69, 9.17) is 9.47 Å². The molecular weight excluding hydrogens is 377 g/mol. The van der Waals surface area contributed by atoms with Gasteiger partial charge in [0.1, 0.15) is 11.5 Å². The van der Waals surface area contributed by atoms with E-state index in [9.17, 15) is 22.8 Å². The Hall–Kier alpha value is -3.49. The van der Waals surface area contributed by atoms with E-state index in [1.807, 2.05) is 0 Å². The number of hydrazine groups is 1. The van der Waals surface area contributed by atoms with E-state index in [1.165, 1.54) is 31.4 Å². The number of benzene rings is 2. The molecule has 0 fully saturated rings. The molecule has 0 aliphatic carbocycles. The summed E-state index contributed by atoms with van der Waals surface area (Å²) in [4.78, 5) is 23.3. The Morgan fingerprint density at radius 1 is 1.04 bits per heavy atom. The van der Waals surface area contributed by atoms with Gasteiger partial charge in [-0.15, -0.1) is 0 Å². The maximum Gasteiger partial charge on any atom is 0.416 e. The van der Waals surface area contributed by atoms with Crippen LogP contribution in [0.15, 0.2) is 54.6 Å². The highest BCUT2D eigenvalue weighted by atomic mass is 19.4. The second-order valence-electron chi connectivity index (χ2n) is 5.46. The molecule has 0 atom stereocenters. The van der Waals surface area contributed by atoms with E-state index in [2.05, 4.69) is 10.9 Å². The summed E-state index contributed by atoms with van der Waals surface area (Å²) in [6.45, 7) is -0.566. The molecule has 0 aliphatic heterocycles. The fourth-order valence-corrected chi connectivity index (χ4v) is 2.01. The van der Waals surface area contributed by atoms with Crippen molar-refractivity contribution in [2.45, 2.75) is 6.18 Å². The zero-order valence-corrected chi connectivity index (χ0v) is 14.7. The first kappa shape index (κ1) is 20.8. The summed E-state index contributed by atoms with van der Waals surface area (Å²) >= 11 is 0. The van der Waals surface area contributed by atoms with Crippen molar-refractivity contribution in [1.29, 1.82) is 0 Å². The molecule has 0 unspecified atom stereocenters. The molecule has 2 aromatic rings. The molecule has 2 aromatic carbocycles. The lowest BCUT2D eigenvalue weighted by Gasteiger charge is -2.10. The highest BCUT2D eigenvalue weighted by Gasteiger charge is 2.30. The van der Waals surface area contributed by atoms with Crippen LogP contribution in [-0.4, -0.2) is 25.5 Å². The largest absolute Gasteiger partial charge is 0.497 e. The molecule has 148 valence electrons. The summed E-state index contributed by atoms with van der Waals surface area (Å²) in [6.07, 6.45) is -1.78. The fourth-order valence-electron chi connectivity index (χ4n) is 2.01. The molecule has 2 N–H and O–H groups in total. The van der Waals surface area contributed by atoms with E-state index < -0.39 is 30.2 Å². The normalized spacial score (nSPS) is 11.1. The number of halogens is 3. The maximum atomic E-state index is 12.6. The third kappa shape index (κ3) is 6.67. The van der Waals surface area contributed by atoms with Gasteiger partial charge in [0.2, 0.25) is 0 Å². The Balaban J connectivity index is 1.77. The van der Waals surface area contributed by atoms with E-state index >= 15 is 0 Å². The number of carbonyl (C=O) groups excluding carboxylic acids is 2. The van der Waals surface area contributed by atoms with Crippen molar-refractivity contribution in [2.24, 2.45) is 0 Å². The van der Waals surface area contributed by atoms with Gasteiger partial charge in [0, 0.05) is 6.08 Å². The lowest BCUT2D eigenvalue weighted by Crippen LogP contribution is -2.43. The van der Waals surface area contributed by atoms with Gasteiger partial charge in [-0.25, -0.2) is 0 Å². The van der Waals surface area contributed by atoms with Crippen LogP contribution in [0.5, 0.6) is 11.5 Å². The lowest BCUT2D eigenvalue weighted by molar-refractivity contribution is -0.137. The van der Waals surface area contributed by atoms with Crippen molar-refractivity contribution in [2.75, 3.05) is 13.7 Å². The Morgan fingerprint density at radius 3 is 2.39 bits per heavy atom. The number of ether oxygens (including phenoxy) is 2. The van der Waals surface area contributed by atoms with E-state index in [0.717, 1.165) is 17.7 Å². The van der Waals surface area contributed by atoms with Crippen LogP contribution in [0.1, 0.15) is 11.1 Å². The molecule has 0 aliphatic rings. The first-order valence-electron chi connectivity index (χ1n) is 7.99. The Morgan fingerprint density at radius 2 is 1.75 bits per heavy atom. The van der Waals surface area contributed by atoms with E-state index in [1.54, 1.807) is 24.3 Å². The summed E-state index contributed by atoms with van der Waals surface area (Å²) < 4.78 is 47.9. The minimum Gasteiger partial charge on any atom is -0.497 e. The third-order valence-corrected chi connectivity index (χ3v) is 3.40. The van der Waals surface area contributed by atoms with Crippen LogP contribution >= 0.6 is 0 Å². The highest BCUT2D eigenvalue weighted by Crippen LogP contribution is 2.31. The van der Waals surface area contributed by atoms with Crippen LogP contribution in [0.25, 0.3) is 6.08 Å². The van der Waals surface area contributed by atoms with Crippen LogP contribution < -0.4 is 20.3 Å². The molecule has 0 spiro atoms. The number of hydrogen-bond donors (Lipinski definition) is 2. The predicted molar refractivity (Wildman–Crippen MR) is 95.3 cm³/mol. The molecule has 2 rings (SSSR count). The number of alkyl halides is 3. The standard InChI is InChI=1S/C19H17F3N2O4/c1-27-15-8-5-13(6-9-15)7-10-17(25)23-24-18(26)12-28-16-4-2-3-14(11-16)19(20,21)22/h2-11H,12H2,1H3,(H,23,25)(H,24,26)/b10-7+. The molecule has 0 heterocycles. The van der Waals surface area contributed by atoms with Gasteiger partial charge in [-0.1, -0.05) is 18.2 Å². The van der Waals surface area contributed by atoms with Crippen LogP contribution in [0.3, 0.4) is 0 Å². The number of methoxy groups -OCH3 is 1. The smallest absolute Gasteiger partial charge is 0.416 e. The monoisotopic (exact) mass is 394 g/mol. The van der Waals surface area contributed by atoms with Crippen LogP contribution in [0, 0.1) is 0 Å². The SMILES string of the molecule is COc1ccc(/C=C/C(=O)NNC(=O)COc2cccc(C(F)(F)F)c2)cc1. The Kier molecular flexibility index (Phi) is 7.02. The summed E-state index contributed by atoms with van der Waals surface area (Å²) in [7, 11) is 1.54. The zero-order valence-electron chi connectivity index (χ0n) is 14.7. The predicted octanol–water partition coefficient (Wildman–Crippen LogP) is 2.95. The molecule has 0 radical (unpaired) electrons. The van der Waals surface area contributed by atoms with Gasteiger partial charge >= 0.3 is 6.18 Å². The van der Waals surface area contributed by atoms with Gasteiger partial charge in [-0.05, 0) is 42.0 Å². The van der Waals surface area contributed by atoms with E-state index in [-0.39, 0.29) is 5.75 Å². The number of rotatable bonds is 6. The topological polar surface area (TPSA) is 76.7 Å². The summed E-state index contributed by atoms with van der Waals surface area (Å²) in [5.74, 6) is -0.766. The Bertz CT molecular complexity index is 849. The molecular formula is C19H17F3N2O4. The molecule has 2 amide bonds. The molecule has 9 heteroatoms. The van der Waals surface area contributed by atoms with Gasteiger partial charge in [0.15, 0.2) is 6.61 Å². The van der Waals surface area contributed by atoms with Crippen LogP contribution in [0.4, 0.5) is 13.2 Å². The van der Waals surface area contributed by atoms with Crippen molar-refractivity contribution >= 4 is 17.9 Å². The summed E-state index contributed by atoms with van der Waals surface area (Å²) in [5, 5.41) is 0. The number of carbonyl (C=O) groups is 2. The van der Waals surface area contributed by atoms with Gasteiger partial charge in [0.25, 0.3) is 11.8 Å². The first-order valence-corrected chi connectivity index (χ1v) is 7.99. The van der Waals surface area contributed by atoms with Crippen molar-refractivity contribution in [3.8, 4) is 11.5 Å². The molecule has 0 bridgehead atoms. The summed E-state index contributed by atoms with van der Waals surface area (Å²) in [5.41, 5.74) is 4.09. The first-order chi connectivity index (χ1) is 13.3. The lowest BCUT2D eigenvalue weighted by atomic mass is 10.2. The summed E-state index contributed by atoms with van der Waals surface area (Å²) in [6, 6.07) is 11.1. The second kappa shape index (κ2) is 9.45. The fraction of sp³-hybridized carbons (Fsp3) is 0.158. The molecule has 0 aromatic heterocycles. The molecule has 0 saturated carbocycles.